The van der Waals surface area contributed by atoms with Crippen LogP contribution >= 0.6 is 31.9 Å². The Balaban J connectivity index is 2.42. The lowest BCUT2D eigenvalue weighted by Gasteiger charge is -2.26. The van der Waals surface area contributed by atoms with Gasteiger partial charge >= 0.3 is 0 Å². The quantitative estimate of drug-likeness (QED) is 0.832. The van der Waals surface area contributed by atoms with E-state index in [2.05, 4.69) is 37.0 Å². The van der Waals surface area contributed by atoms with Crippen LogP contribution in [-0.2, 0) is 16.9 Å². The maximum Gasteiger partial charge on any atom is 0.129 e. The van der Waals surface area contributed by atoms with Gasteiger partial charge in [-0.25, -0.2) is 0 Å². The molecule has 4 nitrogen and oxygen atoms in total. The van der Waals surface area contributed by atoms with Gasteiger partial charge in [0.25, 0.3) is 0 Å². The Morgan fingerprint density at radius 2 is 1.95 bits per heavy atom. The zero-order valence-electron chi connectivity index (χ0n) is 11.3. The Labute approximate surface area is 135 Å². The van der Waals surface area contributed by atoms with Crippen LogP contribution in [0.25, 0.3) is 0 Å². The van der Waals surface area contributed by atoms with E-state index in [1.54, 1.807) is 24.9 Å². The highest BCUT2D eigenvalue weighted by Gasteiger charge is 2.32. The van der Waals surface area contributed by atoms with Gasteiger partial charge in [-0.2, -0.15) is 5.10 Å². The molecular formula is C14H16Br2N2O2. The summed E-state index contributed by atoms with van der Waals surface area (Å²) in [6.07, 6.45) is 1.69. The second-order valence-electron chi connectivity index (χ2n) is 4.64. The summed E-state index contributed by atoms with van der Waals surface area (Å²) >= 11 is 6.86. The molecule has 20 heavy (non-hydrogen) atoms. The van der Waals surface area contributed by atoms with Gasteiger partial charge in [0.2, 0.25) is 0 Å². The number of rotatable bonds is 5. The zero-order chi connectivity index (χ0) is 14.8. The molecule has 0 amide bonds. The van der Waals surface area contributed by atoms with Crippen molar-refractivity contribution in [3.63, 3.8) is 0 Å². The van der Waals surface area contributed by atoms with E-state index >= 15 is 0 Å². The summed E-state index contributed by atoms with van der Waals surface area (Å²) < 4.78 is 8.59. The summed E-state index contributed by atoms with van der Waals surface area (Å²) in [7, 11) is 1.64. The third-order valence-corrected chi connectivity index (χ3v) is 4.28. The first-order valence-electron chi connectivity index (χ1n) is 6.16. The topological polar surface area (TPSA) is 47.3 Å². The lowest BCUT2D eigenvalue weighted by atomic mass is 9.92. The molecule has 2 rings (SSSR count). The predicted molar refractivity (Wildman–Crippen MR) is 84.6 cm³/mol. The van der Waals surface area contributed by atoms with Crippen LogP contribution < -0.4 is 0 Å². The number of methoxy groups -OCH3 is 1. The van der Waals surface area contributed by atoms with E-state index < -0.39 is 5.60 Å². The minimum absolute atomic E-state index is 0.539. The Morgan fingerprint density at radius 1 is 1.30 bits per heavy atom. The molecule has 0 spiro atoms. The van der Waals surface area contributed by atoms with Crippen molar-refractivity contribution in [2.24, 2.45) is 0 Å². The van der Waals surface area contributed by atoms with Crippen molar-refractivity contribution in [1.29, 1.82) is 0 Å². The molecule has 0 radical (unpaired) electrons. The summed E-state index contributed by atoms with van der Waals surface area (Å²) in [5.41, 5.74) is 0.390. The van der Waals surface area contributed by atoms with Crippen molar-refractivity contribution in [1.82, 2.24) is 9.78 Å². The minimum Gasteiger partial charge on any atom is -0.383 e. The van der Waals surface area contributed by atoms with Crippen LogP contribution in [-0.4, -0.2) is 28.6 Å². The first-order chi connectivity index (χ1) is 9.46. The second kappa shape index (κ2) is 6.39. The standard InChI is InChI=1S/C14H16Br2N2O2/c1-14(19,10-3-5-11(15)6-4-10)13-12(16)9-17-18(13)7-8-20-2/h3-6,9,19H,7-8H2,1-2H3. The monoisotopic (exact) mass is 402 g/mol. The fourth-order valence-electron chi connectivity index (χ4n) is 2.10. The molecule has 1 aromatic heterocycles. The average molecular weight is 404 g/mol. The van der Waals surface area contributed by atoms with Gasteiger partial charge in [0.15, 0.2) is 0 Å². The highest BCUT2D eigenvalue weighted by atomic mass is 79.9. The Morgan fingerprint density at radius 3 is 2.55 bits per heavy atom. The van der Waals surface area contributed by atoms with E-state index in [0.29, 0.717) is 13.2 Å². The van der Waals surface area contributed by atoms with Crippen LogP contribution in [0.3, 0.4) is 0 Å². The molecule has 1 atom stereocenters. The molecule has 108 valence electrons. The number of halogens is 2. The Kier molecular flexibility index (Phi) is 5.01. The normalized spacial score (nSPS) is 14.2. The molecule has 2 aromatic rings. The Bertz CT molecular complexity index is 579. The molecule has 1 N–H and O–H groups in total. The Hall–Kier alpha value is -0.690. The first kappa shape index (κ1) is 15.7. The third-order valence-electron chi connectivity index (χ3n) is 3.17. The molecule has 6 heteroatoms. The molecular weight excluding hydrogens is 388 g/mol. The van der Waals surface area contributed by atoms with Gasteiger partial charge in [-0.05, 0) is 40.5 Å². The van der Waals surface area contributed by atoms with Crippen molar-refractivity contribution in [3.05, 3.63) is 50.7 Å². The summed E-state index contributed by atoms with van der Waals surface area (Å²) in [5.74, 6) is 0. The summed E-state index contributed by atoms with van der Waals surface area (Å²) in [4.78, 5) is 0. The van der Waals surface area contributed by atoms with Gasteiger partial charge in [0, 0.05) is 11.6 Å². The second-order valence-corrected chi connectivity index (χ2v) is 6.41. The molecule has 1 aromatic carbocycles. The van der Waals surface area contributed by atoms with Gasteiger partial charge < -0.3 is 9.84 Å². The highest BCUT2D eigenvalue weighted by molar-refractivity contribution is 9.10. The van der Waals surface area contributed by atoms with Gasteiger partial charge in [-0.3, -0.25) is 4.68 Å². The fraction of sp³-hybridized carbons (Fsp3) is 0.357. The van der Waals surface area contributed by atoms with Gasteiger partial charge in [0.1, 0.15) is 5.60 Å². The van der Waals surface area contributed by atoms with E-state index in [-0.39, 0.29) is 0 Å². The van der Waals surface area contributed by atoms with E-state index in [4.69, 9.17) is 4.74 Å². The van der Waals surface area contributed by atoms with E-state index in [1.807, 2.05) is 24.3 Å². The number of aromatic nitrogens is 2. The number of benzene rings is 1. The highest BCUT2D eigenvalue weighted by Crippen LogP contribution is 2.34. The maximum atomic E-state index is 11.0. The van der Waals surface area contributed by atoms with Crippen LogP contribution in [0.2, 0.25) is 0 Å². The van der Waals surface area contributed by atoms with Crippen LogP contribution in [0.1, 0.15) is 18.2 Å². The molecule has 0 bridgehead atoms. The number of hydrogen-bond donors (Lipinski definition) is 1. The fourth-order valence-corrected chi connectivity index (χ4v) is 3.05. The average Bonchev–Trinajstić information content (AvgIpc) is 2.78. The smallest absolute Gasteiger partial charge is 0.129 e. The van der Waals surface area contributed by atoms with Crippen LogP contribution in [0.5, 0.6) is 0 Å². The lowest BCUT2D eigenvalue weighted by Crippen LogP contribution is -2.28. The molecule has 0 saturated carbocycles. The first-order valence-corrected chi connectivity index (χ1v) is 7.74. The van der Waals surface area contributed by atoms with Crippen molar-refractivity contribution in [2.75, 3.05) is 13.7 Å². The maximum absolute atomic E-state index is 11.0. The van der Waals surface area contributed by atoms with E-state index in [1.165, 1.54) is 0 Å². The van der Waals surface area contributed by atoms with Crippen LogP contribution in [0.15, 0.2) is 39.4 Å². The van der Waals surface area contributed by atoms with Gasteiger partial charge in [0.05, 0.1) is 29.5 Å². The van der Waals surface area contributed by atoms with Crippen molar-refractivity contribution >= 4 is 31.9 Å². The molecule has 1 unspecified atom stereocenters. The van der Waals surface area contributed by atoms with E-state index in [9.17, 15) is 5.11 Å². The number of ether oxygens (including phenoxy) is 1. The van der Waals surface area contributed by atoms with Crippen molar-refractivity contribution < 1.29 is 9.84 Å². The molecule has 0 aliphatic heterocycles. The zero-order valence-corrected chi connectivity index (χ0v) is 14.5. The molecule has 0 saturated heterocycles. The lowest BCUT2D eigenvalue weighted by molar-refractivity contribution is 0.0875. The van der Waals surface area contributed by atoms with Gasteiger partial charge in [-0.1, -0.05) is 28.1 Å². The number of nitrogens with zero attached hydrogens (tertiary/aromatic N) is 2. The largest absolute Gasteiger partial charge is 0.383 e. The van der Waals surface area contributed by atoms with Gasteiger partial charge in [-0.15, -0.1) is 0 Å². The summed E-state index contributed by atoms with van der Waals surface area (Å²) in [6, 6.07) is 7.61. The third kappa shape index (κ3) is 3.14. The van der Waals surface area contributed by atoms with Crippen molar-refractivity contribution in [3.8, 4) is 0 Å². The molecule has 0 fully saturated rings. The molecule has 1 heterocycles. The summed E-state index contributed by atoms with van der Waals surface area (Å²) in [6.45, 7) is 2.89. The number of hydrogen-bond acceptors (Lipinski definition) is 3. The van der Waals surface area contributed by atoms with E-state index in [0.717, 1.165) is 20.2 Å². The minimum atomic E-state index is -1.14. The van der Waals surface area contributed by atoms with Crippen LogP contribution in [0, 0.1) is 0 Å². The van der Waals surface area contributed by atoms with Crippen molar-refractivity contribution in [2.45, 2.75) is 19.1 Å². The SMILES string of the molecule is COCCn1ncc(Br)c1C(C)(O)c1ccc(Br)cc1. The van der Waals surface area contributed by atoms with Crippen LogP contribution in [0.4, 0.5) is 0 Å². The predicted octanol–water partition coefficient (Wildman–Crippen LogP) is 3.31. The summed E-state index contributed by atoms with van der Waals surface area (Å²) in [5, 5.41) is 15.2. The molecule has 0 aliphatic carbocycles. The number of aliphatic hydroxyl groups is 1. The molecule has 0 aliphatic rings.